The summed E-state index contributed by atoms with van der Waals surface area (Å²) in [5.74, 6) is 1.40. The van der Waals surface area contributed by atoms with Crippen molar-refractivity contribution in [1.29, 1.82) is 0 Å². The summed E-state index contributed by atoms with van der Waals surface area (Å²) in [5.41, 5.74) is 3.58. The highest BCUT2D eigenvalue weighted by Gasteiger charge is 2.13. The molecule has 0 saturated carbocycles. The molecular formula is C21H24N4OS. The Morgan fingerprint density at radius 2 is 1.78 bits per heavy atom. The van der Waals surface area contributed by atoms with Gasteiger partial charge in [0.15, 0.2) is 5.82 Å². The van der Waals surface area contributed by atoms with Gasteiger partial charge in [-0.1, -0.05) is 62.7 Å². The first-order valence-corrected chi connectivity index (χ1v) is 9.24. The van der Waals surface area contributed by atoms with Crippen LogP contribution in [0.2, 0.25) is 0 Å². The van der Waals surface area contributed by atoms with E-state index in [-0.39, 0.29) is 12.0 Å². The number of aromatic nitrogens is 3. The van der Waals surface area contributed by atoms with Crippen LogP contribution in [0.15, 0.2) is 53.6 Å². The van der Waals surface area contributed by atoms with Crippen molar-refractivity contribution in [3.8, 4) is 5.75 Å². The lowest BCUT2D eigenvalue weighted by molar-refractivity contribution is 0.290. The fourth-order valence-electron chi connectivity index (χ4n) is 2.51. The van der Waals surface area contributed by atoms with Gasteiger partial charge in [-0.25, -0.2) is 5.10 Å². The summed E-state index contributed by atoms with van der Waals surface area (Å²) >= 11 is 5.27. The molecule has 2 aromatic carbocycles. The van der Waals surface area contributed by atoms with Gasteiger partial charge in [0.25, 0.3) is 0 Å². The average molecular weight is 381 g/mol. The average Bonchev–Trinajstić information content (AvgIpc) is 2.99. The lowest BCUT2D eigenvalue weighted by Crippen LogP contribution is -2.10. The van der Waals surface area contributed by atoms with Gasteiger partial charge in [0.1, 0.15) is 12.4 Å². The Labute approximate surface area is 164 Å². The molecule has 6 heteroatoms. The van der Waals surface area contributed by atoms with Crippen LogP contribution in [0.4, 0.5) is 0 Å². The summed E-state index contributed by atoms with van der Waals surface area (Å²) in [7, 11) is 0. The summed E-state index contributed by atoms with van der Waals surface area (Å²) in [6.45, 7) is 8.88. The first kappa shape index (κ1) is 19.0. The molecular weight excluding hydrogens is 356 g/mol. The van der Waals surface area contributed by atoms with Crippen molar-refractivity contribution in [3.63, 3.8) is 0 Å². The first-order valence-electron chi connectivity index (χ1n) is 8.83. The molecule has 0 bridgehead atoms. The van der Waals surface area contributed by atoms with E-state index in [2.05, 4.69) is 55.1 Å². The number of ether oxygens (including phenoxy) is 1. The van der Waals surface area contributed by atoms with Crippen LogP contribution < -0.4 is 4.74 Å². The summed E-state index contributed by atoms with van der Waals surface area (Å²) in [6.07, 6.45) is 1.76. The third-order valence-electron chi connectivity index (χ3n) is 4.21. The smallest absolute Gasteiger partial charge is 0.216 e. The monoisotopic (exact) mass is 380 g/mol. The van der Waals surface area contributed by atoms with Crippen LogP contribution in [0.5, 0.6) is 5.75 Å². The maximum atomic E-state index is 5.86. The van der Waals surface area contributed by atoms with Gasteiger partial charge in [0.2, 0.25) is 4.77 Å². The van der Waals surface area contributed by atoms with Crippen molar-refractivity contribution in [3.05, 3.63) is 75.8 Å². The normalized spacial score (nSPS) is 11.9. The summed E-state index contributed by atoms with van der Waals surface area (Å²) in [5, 5.41) is 11.4. The standard InChI is InChI=1S/C21H24N4OS/c1-15-5-7-16(8-6-15)13-22-25-19(23-24-20(25)27)14-26-18-11-9-17(10-12-18)21(2,3)4/h5-13H,14H2,1-4H3,(H,24,27)/b22-13-. The van der Waals surface area contributed by atoms with Crippen LogP contribution in [-0.4, -0.2) is 21.1 Å². The molecule has 0 aliphatic carbocycles. The number of rotatable bonds is 5. The van der Waals surface area contributed by atoms with Crippen molar-refractivity contribution in [2.24, 2.45) is 5.10 Å². The number of nitrogens with zero attached hydrogens (tertiary/aromatic N) is 3. The highest BCUT2D eigenvalue weighted by atomic mass is 32.1. The second-order valence-electron chi connectivity index (χ2n) is 7.48. The zero-order valence-corrected chi connectivity index (χ0v) is 16.9. The van der Waals surface area contributed by atoms with Crippen molar-refractivity contribution in [1.82, 2.24) is 14.9 Å². The van der Waals surface area contributed by atoms with E-state index in [9.17, 15) is 0 Å². The molecule has 3 rings (SSSR count). The zero-order valence-electron chi connectivity index (χ0n) is 16.1. The van der Waals surface area contributed by atoms with E-state index in [0.29, 0.717) is 10.6 Å². The van der Waals surface area contributed by atoms with Gasteiger partial charge in [0.05, 0.1) is 6.21 Å². The number of hydrogen-bond acceptors (Lipinski definition) is 4. The summed E-state index contributed by atoms with van der Waals surface area (Å²) in [4.78, 5) is 0. The minimum atomic E-state index is 0.117. The molecule has 0 fully saturated rings. The summed E-state index contributed by atoms with van der Waals surface area (Å²) < 4.78 is 7.87. The van der Waals surface area contributed by atoms with E-state index >= 15 is 0 Å². The molecule has 5 nitrogen and oxygen atoms in total. The molecule has 1 aromatic heterocycles. The molecule has 1 N–H and O–H groups in total. The molecule has 0 spiro atoms. The fraction of sp³-hybridized carbons (Fsp3) is 0.286. The molecule has 3 aromatic rings. The number of aromatic amines is 1. The minimum absolute atomic E-state index is 0.117. The van der Waals surface area contributed by atoms with Crippen LogP contribution in [0.3, 0.4) is 0 Å². The predicted octanol–water partition coefficient (Wildman–Crippen LogP) is 5.01. The van der Waals surface area contributed by atoms with E-state index in [0.717, 1.165) is 11.3 Å². The zero-order chi connectivity index (χ0) is 19.4. The molecule has 0 unspecified atom stereocenters. The fourth-order valence-corrected chi connectivity index (χ4v) is 2.71. The van der Waals surface area contributed by atoms with Crippen LogP contribution in [0, 0.1) is 11.7 Å². The van der Waals surface area contributed by atoms with Crippen molar-refractivity contribution >= 4 is 18.4 Å². The lowest BCUT2D eigenvalue weighted by atomic mass is 9.87. The Balaban J connectivity index is 1.71. The first-order chi connectivity index (χ1) is 12.8. The Morgan fingerprint density at radius 3 is 2.41 bits per heavy atom. The topological polar surface area (TPSA) is 55.2 Å². The molecule has 140 valence electrons. The minimum Gasteiger partial charge on any atom is -0.486 e. The predicted molar refractivity (Wildman–Crippen MR) is 111 cm³/mol. The largest absolute Gasteiger partial charge is 0.486 e. The number of nitrogens with one attached hydrogen (secondary N) is 1. The van der Waals surface area contributed by atoms with Crippen molar-refractivity contribution in [2.45, 2.75) is 39.7 Å². The molecule has 0 saturated heterocycles. The highest BCUT2D eigenvalue weighted by molar-refractivity contribution is 7.71. The van der Waals surface area contributed by atoms with Gasteiger partial charge < -0.3 is 4.74 Å². The molecule has 0 aliphatic rings. The lowest BCUT2D eigenvalue weighted by Gasteiger charge is -2.19. The molecule has 0 radical (unpaired) electrons. The Hall–Kier alpha value is -2.73. The summed E-state index contributed by atoms with van der Waals surface area (Å²) in [6, 6.07) is 16.2. The van der Waals surface area contributed by atoms with Gasteiger partial charge in [0, 0.05) is 0 Å². The highest BCUT2D eigenvalue weighted by Crippen LogP contribution is 2.24. The van der Waals surface area contributed by atoms with Gasteiger partial charge >= 0.3 is 0 Å². The second-order valence-corrected chi connectivity index (χ2v) is 7.86. The maximum Gasteiger partial charge on any atom is 0.216 e. The molecule has 0 aliphatic heterocycles. The van der Waals surface area contributed by atoms with E-state index in [4.69, 9.17) is 17.0 Å². The number of hydrogen-bond donors (Lipinski definition) is 1. The molecule has 27 heavy (non-hydrogen) atoms. The molecule has 0 atom stereocenters. The molecule has 0 amide bonds. The number of aryl methyl sites for hydroxylation is 1. The van der Waals surface area contributed by atoms with Gasteiger partial charge in [-0.3, -0.25) is 0 Å². The Morgan fingerprint density at radius 1 is 1.11 bits per heavy atom. The van der Waals surface area contributed by atoms with E-state index in [1.54, 1.807) is 10.9 Å². The van der Waals surface area contributed by atoms with Gasteiger partial charge in [-0.05, 0) is 47.8 Å². The molecule has 1 heterocycles. The van der Waals surface area contributed by atoms with Crippen LogP contribution >= 0.6 is 12.2 Å². The SMILES string of the molecule is Cc1ccc(/C=N\n2c(COc3ccc(C(C)(C)C)cc3)n[nH]c2=S)cc1. The van der Waals surface area contributed by atoms with E-state index < -0.39 is 0 Å². The second kappa shape index (κ2) is 7.88. The Kier molecular flexibility index (Phi) is 5.56. The number of benzene rings is 2. The van der Waals surface area contributed by atoms with Gasteiger partial charge in [-0.2, -0.15) is 14.9 Å². The third-order valence-corrected chi connectivity index (χ3v) is 4.47. The van der Waals surface area contributed by atoms with Crippen molar-refractivity contribution < 1.29 is 4.74 Å². The van der Waals surface area contributed by atoms with Crippen LogP contribution in [-0.2, 0) is 12.0 Å². The van der Waals surface area contributed by atoms with Crippen molar-refractivity contribution in [2.75, 3.05) is 0 Å². The number of H-pyrrole nitrogens is 1. The van der Waals surface area contributed by atoms with Crippen LogP contribution in [0.25, 0.3) is 0 Å². The Bertz CT molecular complexity index is 977. The van der Waals surface area contributed by atoms with E-state index in [1.165, 1.54) is 11.1 Å². The van der Waals surface area contributed by atoms with E-state index in [1.807, 2.05) is 36.4 Å². The maximum absolute atomic E-state index is 5.86. The quantitative estimate of drug-likeness (QED) is 0.500. The van der Waals surface area contributed by atoms with Crippen LogP contribution in [0.1, 0.15) is 43.3 Å². The third kappa shape index (κ3) is 4.92. The van der Waals surface area contributed by atoms with Gasteiger partial charge in [-0.15, -0.1) is 0 Å².